The average Bonchev–Trinajstić information content (AvgIpc) is 1.90. The van der Waals surface area contributed by atoms with E-state index in [-0.39, 0.29) is 5.92 Å². The molecule has 8 heavy (non-hydrogen) atoms. The first-order valence-corrected chi connectivity index (χ1v) is 2.96. The van der Waals surface area contributed by atoms with Crippen LogP contribution in [0.4, 0.5) is 0 Å². The summed E-state index contributed by atoms with van der Waals surface area (Å²) in [5.41, 5.74) is 0. The summed E-state index contributed by atoms with van der Waals surface area (Å²) < 4.78 is 5.04. The molecule has 0 saturated carbocycles. The van der Waals surface area contributed by atoms with Crippen molar-refractivity contribution in [3.8, 4) is 0 Å². The molecule has 1 saturated heterocycles. The molecule has 1 aliphatic heterocycles. The standard InChI is InChI=1S/C6H10O2/c7-4-6-2-1-3-8-5-6/h4,6H,1-3,5H2/t6-/m0/s1. The van der Waals surface area contributed by atoms with E-state index in [2.05, 4.69) is 0 Å². The van der Waals surface area contributed by atoms with Gasteiger partial charge in [0.25, 0.3) is 0 Å². The van der Waals surface area contributed by atoms with Gasteiger partial charge in [-0.1, -0.05) is 0 Å². The van der Waals surface area contributed by atoms with Crippen LogP contribution in [0.15, 0.2) is 0 Å². The highest BCUT2D eigenvalue weighted by Crippen LogP contribution is 2.09. The summed E-state index contributed by atoms with van der Waals surface area (Å²) in [7, 11) is 0. The van der Waals surface area contributed by atoms with Crippen molar-refractivity contribution < 1.29 is 9.53 Å². The molecule has 0 N–H and O–H groups in total. The maximum atomic E-state index is 10.1. The van der Waals surface area contributed by atoms with Gasteiger partial charge in [0.15, 0.2) is 0 Å². The van der Waals surface area contributed by atoms with E-state index in [9.17, 15) is 4.79 Å². The third kappa shape index (κ3) is 1.30. The van der Waals surface area contributed by atoms with Crippen molar-refractivity contribution in [2.75, 3.05) is 13.2 Å². The number of carbonyl (C=O) groups excluding carboxylic acids is 1. The van der Waals surface area contributed by atoms with E-state index in [1.165, 1.54) is 0 Å². The molecule has 46 valence electrons. The van der Waals surface area contributed by atoms with Crippen LogP contribution in [0.25, 0.3) is 0 Å². The van der Waals surface area contributed by atoms with Gasteiger partial charge in [0, 0.05) is 12.5 Å². The summed E-state index contributed by atoms with van der Waals surface area (Å²) in [4.78, 5) is 10.1. The van der Waals surface area contributed by atoms with Crippen molar-refractivity contribution in [1.82, 2.24) is 0 Å². The molecule has 0 radical (unpaired) electrons. The highest BCUT2D eigenvalue weighted by atomic mass is 16.5. The van der Waals surface area contributed by atoms with Gasteiger partial charge in [0.2, 0.25) is 0 Å². The minimum atomic E-state index is 0.184. The summed E-state index contributed by atoms with van der Waals surface area (Å²) in [5.74, 6) is 0.184. The third-order valence-corrected chi connectivity index (χ3v) is 1.39. The molecule has 1 fully saturated rings. The molecule has 0 aliphatic carbocycles. The predicted molar refractivity (Wildman–Crippen MR) is 29.6 cm³/mol. The third-order valence-electron chi connectivity index (χ3n) is 1.39. The molecule has 0 aromatic carbocycles. The predicted octanol–water partition coefficient (Wildman–Crippen LogP) is 0.612. The van der Waals surface area contributed by atoms with Crippen LogP contribution in [0.5, 0.6) is 0 Å². The molecule has 0 aromatic rings. The molecule has 0 aromatic heterocycles. The lowest BCUT2D eigenvalue weighted by molar-refractivity contribution is -0.114. The SMILES string of the molecule is O=C[C@@H]1CCCOC1. The Morgan fingerprint density at radius 2 is 2.50 bits per heavy atom. The van der Waals surface area contributed by atoms with Crippen LogP contribution < -0.4 is 0 Å². The molecule has 1 aliphatic rings. The Labute approximate surface area is 48.8 Å². The Morgan fingerprint density at radius 3 is 2.88 bits per heavy atom. The van der Waals surface area contributed by atoms with Crippen LogP contribution >= 0.6 is 0 Å². The summed E-state index contributed by atoms with van der Waals surface area (Å²) in [6, 6.07) is 0. The normalized spacial score (nSPS) is 29.8. The lowest BCUT2D eigenvalue weighted by atomic mass is 10.1. The van der Waals surface area contributed by atoms with Gasteiger partial charge in [0.05, 0.1) is 6.61 Å². The number of carbonyl (C=O) groups is 1. The van der Waals surface area contributed by atoms with Crippen LogP contribution in [-0.4, -0.2) is 19.5 Å². The van der Waals surface area contributed by atoms with E-state index in [0.717, 1.165) is 25.7 Å². The summed E-state index contributed by atoms with van der Waals surface area (Å²) >= 11 is 0. The van der Waals surface area contributed by atoms with E-state index in [0.29, 0.717) is 6.61 Å². The average molecular weight is 114 g/mol. The van der Waals surface area contributed by atoms with E-state index in [1.54, 1.807) is 0 Å². The highest BCUT2D eigenvalue weighted by molar-refractivity contribution is 5.53. The quantitative estimate of drug-likeness (QED) is 0.467. The Hall–Kier alpha value is -0.370. The van der Waals surface area contributed by atoms with E-state index in [4.69, 9.17) is 4.74 Å². The summed E-state index contributed by atoms with van der Waals surface area (Å²) in [6.45, 7) is 1.48. The maximum absolute atomic E-state index is 10.1. The molecular formula is C6H10O2. The van der Waals surface area contributed by atoms with Crippen LogP contribution in [0.2, 0.25) is 0 Å². The number of hydrogen-bond donors (Lipinski definition) is 0. The van der Waals surface area contributed by atoms with Gasteiger partial charge in [-0.2, -0.15) is 0 Å². The fourth-order valence-electron chi connectivity index (χ4n) is 0.873. The Bertz CT molecular complexity index is 74.6. The first-order chi connectivity index (χ1) is 3.93. The van der Waals surface area contributed by atoms with E-state index in [1.807, 2.05) is 0 Å². The lowest BCUT2D eigenvalue weighted by Gasteiger charge is -2.15. The smallest absolute Gasteiger partial charge is 0.125 e. The summed E-state index contributed by atoms with van der Waals surface area (Å²) in [6.07, 6.45) is 3.05. The molecule has 2 nitrogen and oxygen atoms in total. The second-order valence-electron chi connectivity index (χ2n) is 2.11. The number of aldehydes is 1. The first kappa shape index (κ1) is 5.76. The number of ether oxygens (including phenoxy) is 1. The largest absolute Gasteiger partial charge is 0.381 e. The van der Waals surface area contributed by atoms with Crippen molar-refractivity contribution in [3.05, 3.63) is 0 Å². The van der Waals surface area contributed by atoms with Gasteiger partial charge in [0.1, 0.15) is 6.29 Å². The van der Waals surface area contributed by atoms with Crippen molar-refractivity contribution in [1.29, 1.82) is 0 Å². The van der Waals surface area contributed by atoms with Gasteiger partial charge >= 0.3 is 0 Å². The molecule has 2 heteroatoms. The van der Waals surface area contributed by atoms with E-state index >= 15 is 0 Å². The van der Waals surface area contributed by atoms with Gasteiger partial charge in [-0.05, 0) is 12.8 Å². The molecule has 0 unspecified atom stereocenters. The van der Waals surface area contributed by atoms with Crippen LogP contribution in [0, 0.1) is 5.92 Å². The zero-order chi connectivity index (χ0) is 5.82. The Morgan fingerprint density at radius 1 is 1.62 bits per heavy atom. The molecule has 1 rings (SSSR count). The highest BCUT2D eigenvalue weighted by Gasteiger charge is 2.11. The first-order valence-electron chi connectivity index (χ1n) is 2.96. The second-order valence-corrected chi connectivity index (χ2v) is 2.11. The van der Waals surface area contributed by atoms with Gasteiger partial charge in [-0.3, -0.25) is 0 Å². The van der Waals surface area contributed by atoms with Gasteiger partial charge in [-0.25, -0.2) is 0 Å². The molecule has 1 heterocycles. The topological polar surface area (TPSA) is 26.3 Å². The van der Waals surface area contributed by atoms with Crippen molar-refractivity contribution in [2.24, 2.45) is 5.92 Å². The number of rotatable bonds is 1. The van der Waals surface area contributed by atoms with Crippen molar-refractivity contribution >= 4 is 6.29 Å². The fraction of sp³-hybridized carbons (Fsp3) is 0.833. The van der Waals surface area contributed by atoms with E-state index < -0.39 is 0 Å². The molecule has 0 spiro atoms. The van der Waals surface area contributed by atoms with Crippen molar-refractivity contribution in [2.45, 2.75) is 12.8 Å². The van der Waals surface area contributed by atoms with Crippen molar-refractivity contribution in [3.63, 3.8) is 0 Å². The minimum Gasteiger partial charge on any atom is -0.381 e. The molecule has 1 atom stereocenters. The Balaban J connectivity index is 2.22. The zero-order valence-electron chi connectivity index (χ0n) is 4.80. The monoisotopic (exact) mass is 114 g/mol. The van der Waals surface area contributed by atoms with Gasteiger partial charge in [-0.15, -0.1) is 0 Å². The number of hydrogen-bond acceptors (Lipinski definition) is 2. The van der Waals surface area contributed by atoms with Crippen LogP contribution in [0.3, 0.4) is 0 Å². The maximum Gasteiger partial charge on any atom is 0.125 e. The minimum absolute atomic E-state index is 0.184. The zero-order valence-corrected chi connectivity index (χ0v) is 4.80. The van der Waals surface area contributed by atoms with Gasteiger partial charge < -0.3 is 9.53 Å². The molecule has 0 bridgehead atoms. The second kappa shape index (κ2) is 2.82. The Kier molecular flexibility index (Phi) is 2.03. The van der Waals surface area contributed by atoms with Crippen LogP contribution in [0.1, 0.15) is 12.8 Å². The lowest BCUT2D eigenvalue weighted by Crippen LogP contribution is -2.17. The molecular weight excluding hydrogens is 104 g/mol. The summed E-state index contributed by atoms with van der Waals surface area (Å²) in [5, 5.41) is 0. The van der Waals surface area contributed by atoms with Crippen LogP contribution in [-0.2, 0) is 9.53 Å². The molecule has 0 amide bonds. The fourth-order valence-corrected chi connectivity index (χ4v) is 0.873.